The number of hydrogen-bond donors (Lipinski definition) is 1. The largest absolute Gasteiger partial charge is 0.301 e. The molecule has 1 aromatic carbocycles. The van der Waals surface area contributed by atoms with Crippen molar-refractivity contribution in [3.8, 4) is 11.3 Å². The summed E-state index contributed by atoms with van der Waals surface area (Å²) in [5.74, 6) is -0.309. The molecule has 6 nitrogen and oxygen atoms in total. The molecule has 1 atom stereocenters. The fourth-order valence-electron chi connectivity index (χ4n) is 3.07. The van der Waals surface area contributed by atoms with Gasteiger partial charge in [0.15, 0.2) is 5.13 Å². The number of carbonyl (C=O) groups excluding carboxylic acids is 1. The second-order valence-electron chi connectivity index (χ2n) is 6.23. The highest BCUT2D eigenvalue weighted by atomic mass is 32.2. The van der Waals surface area contributed by atoms with E-state index in [1.165, 1.54) is 15.6 Å². The first-order valence-electron chi connectivity index (χ1n) is 8.15. The van der Waals surface area contributed by atoms with Gasteiger partial charge in [-0.05, 0) is 25.3 Å². The van der Waals surface area contributed by atoms with E-state index in [0.29, 0.717) is 18.1 Å². The lowest BCUT2D eigenvalue weighted by atomic mass is 10.0. The molecule has 8 heteroatoms. The normalized spacial score (nSPS) is 18.9. The number of benzene rings is 1. The lowest BCUT2D eigenvalue weighted by Gasteiger charge is -2.32. The van der Waals surface area contributed by atoms with Crippen molar-refractivity contribution in [1.29, 1.82) is 0 Å². The Kier molecular flexibility index (Phi) is 5.21. The van der Waals surface area contributed by atoms with Crippen LogP contribution in [0.3, 0.4) is 0 Å². The van der Waals surface area contributed by atoms with Crippen LogP contribution in [0, 0.1) is 6.92 Å². The maximum atomic E-state index is 12.6. The zero-order valence-corrected chi connectivity index (χ0v) is 15.9. The summed E-state index contributed by atoms with van der Waals surface area (Å²) in [6.07, 6.45) is 3.31. The molecule has 25 heavy (non-hydrogen) atoms. The van der Waals surface area contributed by atoms with Crippen LogP contribution in [0.4, 0.5) is 5.13 Å². The van der Waals surface area contributed by atoms with Gasteiger partial charge in [0.2, 0.25) is 15.9 Å². The van der Waals surface area contributed by atoms with Crippen molar-refractivity contribution in [3.63, 3.8) is 0 Å². The van der Waals surface area contributed by atoms with E-state index < -0.39 is 16.1 Å². The highest BCUT2D eigenvalue weighted by Crippen LogP contribution is 2.28. The summed E-state index contributed by atoms with van der Waals surface area (Å²) in [4.78, 5) is 17.1. The van der Waals surface area contributed by atoms with Crippen LogP contribution in [0.25, 0.3) is 11.3 Å². The predicted molar refractivity (Wildman–Crippen MR) is 100 cm³/mol. The molecule has 0 radical (unpaired) electrons. The summed E-state index contributed by atoms with van der Waals surface area (Å²) in [5, 5.41) is 5.17. The third-order valence-corrected chi connectivity index (χ3v) is 6.38. The van der Waals surface area contributed by atoms with Crippen molar-refractivity contribution >= 4 is 32.4 Å². The summed E-state index contributed by atoms with van der Waals surface area (Å²) in [6, 6.07) is 7.26. The summed E-state index contributed by atoms with van der Waals surface area (Å²) in [7, 11) is -3.40. The molecule has 0 spiro atoms. The zero-order chi connectivity index (χ0) is 18.0. The van der Waals surface area contributed by atoms with Gasteiger partial charge in [0.05, 0.1) is 11.9 Å². The summed E-state index contributed by atoms with van der Waals surface area (Å²) in [5.41, 5.74) is 2.94. The maximum absolute atomic E-state index is 12.6. The quantitative estimate of drug-likeness (QED) is 0.886. The third kappa shape index (κ3) is 4.08. The molecule has 1 amide bonds. The van der Waals surface area contributed by atoms with Crippen molar-refractivity contribution in [2.45, 2.75) is 32.2 Å². The molecule has 0 unspecified atom stereocenters. The first-order chi connectivity index (χ1) is 11.9. The predicted octanol–water partition coefficient (Wildman–Crippen LogP) is 2.87. The minimum absolute atomic E-state index is 0.309. The SMILES string of the molecule is Cc1ccccc1-c1csc(NC(=O)[C@H]2CCCCN2S(C)(=O)=O)n1. The molecular formula is C17H21N3O3S2. The molecule has 1 fully saturated rings. The Morgan fingerprint density at radius 1 is 1.32 bits per heavy atom. The molecule has 1 N–H and O–H groups in total. The van der Waals surface area contributed by atoms with Crippen LogP contribution in [0.15, 0.2) is 29.6 Å². The lowest BCUT2D eigenvalue weighted by Crippen LogP contribution is -2.49. The Morgan fingerprint density at radius 2 is 2.08 bits per heavy atom. The summed E-state index contributed by atoms with van der Waals surface area (Å²) in [6.45, 7) is 2.40. The fourth-order valence-corrected chi connectivity index (χ4v) is 4.91. The van der Waals surface area contributed by atoms with E-state index in [1.54, 1.807) is 0 Å². The minimum atomic E-state index is -3.40. The van der Waals surface area contributed by atoms with Crippen LogP contribution < -0.4 is 5.32 Å². The van der Waals surface area contributed by atoms with E-state index in [9.17, 15) is 13.2 Å². The molecule has 3 rings (SSSR count). The number of nitrogens with one attached hydrogen (secondary N) is 1. The first kappa shape index (κ1) is 18.0. The van der Waals surface area contributed by atoms with E-state index in [1.807, 2.05) is 36.6 Å². The number of aryl methyl sites for hydroxylation is 1. The van der Waals surface area contributed by atoms with Crippen molar-refractivity contribution in [2.24, 2.45) is 0 Å². The van der Waals surface area contributed by atoms with Crippen LogP contribution in [-0.4, -0.2) is 42.5 Å². The Morgan fingerprint density at radius 3 is 2.80 bits per heavy atom. The van der Waals surface area contributed by atoms with E-state index >= 15 is 0 Å². The number of nitrogens with zero attached hydrogens (tertiary/aromatic N) is 2. The Labute approximate surface area is 151 Å². The Hall–Kier alpha value is -1.77. The molecule has 0 aliphatic carbocycles. The third-order valence-electron chi connectivity index (χ3n) is 4.34. The fraction of sp³-hybridized carbons (Fsp3) is 0.412. The molecule has 2 aromatic rings. The number of aromatic nitrogens is 1. The van der Waals surface area contributed by atoms with E-state index in [-0.39, 0.29) is 5.91 Å². The molecule has 1 aliphatic heterocycles. The number of carbonyl (C=O) groups is 1. The van der Waals surface area contributed by atoms with Gasteiger partial charge in [-0.1, -0.05) is 30.7 Å². The van der Waals surface area contributed by atoms with Crippen molar-refractivity contribution in [1.82, 2.24) is 9.29 Å². The van der Waals surface area contributed by atoms with Gasteiger partial charge in [-0.25, -0.2) is 13.4 Å². The molecule has 1 aromatic heterocycles. The number of hydrogen-bond acceptors (Lipinski definition) is 5. The van der Waals surface area contributed by atoms with E-state index in [4.69, 9.17) is 0 Å². The summed E-state index contributed by atoms with van der Waals surface area (Å²) < 4.78 is 25.1. The van der Waals surface area contributed by atoms with E-state index in [0.717, 1.165) is 35.9 Å². The number of thiazole rings is 1. The first-order valence-corrected chi connectivity index (χ1v) is 10.9. The Bertz CT molecular complexity index is 877. The molecular weight excluding hydrogens is 358 g/mol. The van der Waals surface area contributed by atoms with E-state index in [2.05, 4.69) is 10.3 Å². The van der Waals surface area contributed by atoms with Gasteiger partial charge >= 0.3 is 0 Å². The lowest BCUT2D eigenvalue weighted by molar-refractivity contribution is -0.120. The average molecular weight is 380 g/mol. The van der Waals surface area contributed by atoms with Gasteiger partial charge in [0, 0.05) is 17.5 Å². The number of piperidine rings is 1. The second kappa shape index (κ2) is 7.23. The molecule has 1 aliphatic rings. The van der Waals surface area contributed by atoms with Gasteiger partial charge in [-0.3, -0.25) is 4.79 Å². The monoisotopic (exact) mass is 379 g/mol. The zero-order valence-electron chi connectivity index (χ0n) is 14.2. The highest BCUT2D eigenvalue weighted by Gasteiger charge is 2.34. The van der Waals surface area contributed by atoms with Gasteiger partial charge in [0.25, 0.3) is 0 Å². The van der Waals surface area contributed by atoms with Crippen LogP contribution in [0.5, 0.6) is 0 Å². The van der Waals surface area contributed by atoms with Crippen LogP contribution in [0.1, 0.15) is 24.8 Å². The number of amides is 1. The molecule has 1 saturated heterocycles. The number of anilines is 1. The topological polar surface area (TPSA) is 79.4 Å². The summed E-state index contributed by atoms with van der Waals surface area (Å²) >= 11 is 1.34. The van der Waals surface area contributed by atoms with Gasteiger partial charge in [-0.15, -0.1) is 11.3 Å². The van der Waals surface area contributed by atoms with Crippen molar-refractivity contribution in [2.75, 3.05) is 18.1 Å². The molecule has 2 heterocycles. The molecule has 134 valence electrons. The number of sulfonamides is 1. The minimum Gasteiger partial charge on any atom is -0.301 e. The van der Waals surface area contributed by atoms with Crippen molar-refractivity contribution in [3.05, 3.63) is 35.2 Å². The average Bonchev–Trinajstić information content (AvgIpc) is 3.02. The van der Waals surface area contributed by atoms with Gasteiger partial charge in [0.1, 0.15) is 6.04 Å². The second-order valence-corrected chi connectivity index (χ2v) is 9.02. The van der Waals surface area contributed by atoms with Gasteiger partial charge < -0.3 is 5.32 Å². The molecule has 0 bridgehead atoms. The smallest absolute Gasteiger partial charge is 0.244 e. The van der Waals surface area contributed by atoms with Crippen LogP contribution in [0.2, 0.25) is 0 Å². The standard InChI is InChI=1S/C17H21N3O3S2/c1-12-7-3-4-8-13(12)14-11-24-17(18-14)19-16(21)15-9-5-6-10-20(15)25(2,22)23/h3-4,7-8,11,15H,5-6,9-10H2,1-2H3,(H,18,19,21)/t15-/m1/s1. The van der Waals surface area contributed by atoms with Crippen molar-refractivity contribution < 1.29 is 13.2 Å². The van der Waals surface area contributed by atoms with Crippen LogP contribution >= 0.6 is 11.3 Å². The number of rotatable bonds is 4. The van der Waals surface area contributed by atoms with Crippen LogP contribution in [-0.2, 0) is 14.8 Å². The highest BCUT2D eigenvalue weighted by molar-refractivity contribution is 7.88. The molecule has 0 saturated carbocycles. The Balaban J connectivity index is 1.76. The van der Waals surface area contributed by atoms with Gasteiger partial charge in [-0.2, -0.15) is 4.31 Å². The maximum Gasteiger partial charge on any atom is 0.244 e.